The van der Waals surface area contributed by atoms with Crippen LogP contribution in [0.15, 0.2) is 11.6 Å². The molecule has 0 bridgehead atoms. The normalized spacial score (nSPS) is 44.9. The first-order valence-corrected chi connectivity index (χ1v) is 12.5. The van der Waals surface area contributed by atoms with Gasteiger partial charge in [0, 0.05) is 0 Å². The third-order valence-electron chi connectivity index (χ3n) is 10.1. The van der Waals surface area contributed by atoms with Crippen molar-refractivity contribution in [2.75, 3.05) is 0 Å². The monoisotopic (exact) mass is 386 g/mol. The van der Waals surface area contributed by atoms with Crippen LogP contribution in [-0.2, 0) is 0 Å². The number of hydrogen-bond acceptors (Lipinski definition) is 0. The minimum absolute atomic E-state index is 0. The topological polar surface area (TPSA) is 0 Å². The maximum Gasteiger partial charge on any atom is -0.00851 e. The number of unbranched alkanes of at least 4 members (excludes halogenated alkanes) is 1. The highest BCUT2D eigenvalue weighted by atomic mass is 14.6. The smallest absolute Gasteiger partial charge is 0.00851 e. The zero-order chi connectivity index (χ0) is 19.2. The molecule has 28 heavy (non-hydrogen) atoms. The lowest BCUT2D eigenvalue weighted by molar-refractivity contribution is -0.0450. The van der Waals surface area contributed by atoms with Crippen LogP contribution >= 0.6 is 0 Å². The van der Waals surface area contributed by atoms with Crippen molar-refractivity contribution in [1.29, 1.82) is 0 Å². The van der Waals surface area contributed by atoms with Crippen molar-refractivity contribution in [1.82, 2.24) is 0 Å². The van der Waals surface area contributed by atoms with Gasteiger partial charge < -0.3 is 0 Å². The molecule has 7 atom stereocenters. The van der Waals surface area contributed by atoms with Crippen LogP contribution < -0.4 is 0 Å². The molecule has 0 aromatic carbocycles. The molecule has 0 aliphatic heterocycles. The molecule has 0 heteroatoms. The van der Waals surface area contributed by atoms with Crippen molar-refractivity contribution in [3.8, 4) is 0 Å². The van der Waals surface area contributed by atoms with Gasteiger partial charge in [-0.25, -0.2) is 0 Å². The lowest BCUT2D eigenvalue weighted by atomic mass is 9.47. The predicted octanol–water partition coefficient (Wildman–Crippen LogP) is 9.05. The largest absolute Gasteiger partial charge is 0.0845 e. The summed E-state index contributed by atoms with van der Waals surface area (Å²) >= 11 is 0. The van der Waals surface area contributed by atoms with Crippen LogP contribution in [0, 0.1) is 46.3 Å². The summed E-state index contributed by atoms with van der Waals surface area (Å²) in [5, 5.41) is 0. The molecule has 0 radical (unpaired) electrons. The summed E-state index contributed by atoms with van der Waals surface area (Å²) in [5.41, 5.74) is 3.10. The molecule has 3 fully saturated rings. The standard InChI is InChI=1S/C27H46.CH4/c1-19(2)8-6-7-9-21-11-13-24-23-12-10-22-18-20(3)14-16-27(22,5)25(23)15-17-26(21,24)4;/h10,19-21,23-25H,6-9,11-18H2,1-5H3;1H4. The zero-order valence-corrected chi connectivity index (χ0v) is 19.0. The second kappa shape index (κ2) is 8.47. The molecule has 0 nitrogen and oxygen atoms in total. The Labute approximate surface area is 177 Å². The summed E-state index contributed by atoms with van der Waals surface area (Å²) in [6.07, 6.45) is 20.6. The van der Waals surface area contributed by atoms with Crippen molar-refractivity contribution >= 4 is 0 Å². The Hall–Kier alpha value is -0.260. The molecule has 3 saturated carbocycles. The molecule has 162 valence electrons. The Bertz CT molecular complexity index is 556. The molecule has 0 spiro atoms. The van der Waals surface area contributed by atoms with Gasteiger partial charge in [-0.3, -0.25) is 0 Å². The van der Waals surface area contributed by atoms with Gasteiger partial charge in [-0.2, -0.15) is 0 Å². The molecule has 0 aromatic heterocycles. The number of hydrogen-bond donors (Lipinski definition) is 0. The molecule has 4 aliphatic rings. The first kappa shape index (κ1) is 22.4. The summed E-state index contributed by atoms with van der Waals surface area (Å²) in [6.45, 7) is 12.6. The Morgan fingerprint density at radius 1 is 1.00 bits per heavy atom. The Morgan fingerprint density at radius 3 is 2.54 bits per heavy atom. The van der Waals surface area contributed by atoms with Crippen LogP contribution in [0.5, 0.6) is 0 Å². The quantitative estimate of drug-likeness (QED) is 0.326. The average Bonchev–Trinajstić information content (AvgIpc) is 2.96. The lowest BCUT2D eigenvalue weighted by Crippen LogP contribution is -2.49. The van der Waals surface area contributed by atoms with Crippen LogP contribution in [0.4, 0.5) is 0 Å². The first-order valence-electron chi connectivity index (χ1n) is 12.5. The molecule has 0 amide bonds. The van der Waals surface area contributed by atoms with E-state index in [0.717, 1.165) is 35.5 Å². The fraction of sp³-hybridized carbons (Fsp3) is 0.929. The highest BCUT2D eigenvalue weighted by Crippen LogP contribution is 2.67. The van der Waals surface area contributed by atoms with Crippen LogP contribution in [0.2, 0.25) is 0 Å². The Balaban J connectivity index is 0.00000225. The molecule has 0 heterocycles. The van der Waals surface area contributed by atoms with Crippen LogP contribution in [0.1, 0.15) is 119 Å². The molecule has 7 unspecified atom stereocenters. The summed E-state index contributed by atoms with van der Waals surface area (Å²) in [7, 11) is 0. The molecular weight excluding hydrogens is 336 g/mol. The fourth-order valence-corrected chi connectivity index (χ4v) is 8.37. The van der Waals surface area contributed by atoms with E-state index in [4.69, 9.17) is 0 Å². The third-order valence-corrected chi connectivity index (χ3v) is 10.1. The van der Waals surface area contributed by atoms with Gasteiger partial charge in [-0.15, -0.1) is 0 Å². The lowest BCUT2D eigenvalue weighted by Gasteiger charge is -2.58. The van der Waals surface area contributed by atoms with Gasteiger partial charge in [0.05, 0.1) is 0 Å². The van der Waals surface area contributed by atoms with Gasteiger partial charge in [0.2, 0.25) is 0 Å². The van der Waals surface area contributed by atoms with Gasteiger partial charge in [-0.05, 0) is 104 Å². The van der Waals surface area contributed by atoms with Crippen molar-refractivity contribution < 1.29 is 0 Å². The second-order valence-corrected chi connectivity index (χ2v) is 12.1. The van der Waals surface area contributed by atoms with Gasteiger partial charge in [-0.1, -0.05) is 73.0 Å². The SMILES string of the molecule is C.CC(C)CCCCC1CCC2C3CC=C4CC(C)CCC4(C)C3CCC12C. The predicted molar refractivity (Wildman–Crippen MR) is 124 cm³/mol. The van der Waals surface area contributed by atoms with E-state index in [1.165, 1.54) is 70.6 Å². The number of allylic oxidation sites excluding steroid dienone is 2. The minimum Gasteiger partial charge on any atom is -0.0845 e. The van der Waals surface area contributed by atoms with Gasteiger partial charge >= 0.3 is 0 Å². The van der Waals surface area contributed by atoms with Gasteiger partial charge in [0.15, 0.2) is 0 Å². The summed E-state index contributed by atoms with van der Waals surface area (Å²) in [4.78, 5) is 0. The average molecular weight is 387 g/mol. The van der Waals surface area contributed by atoms with Gasteiger partial charge in [0.1, 0.15) is 0 Å². The maximum atomic E-state index is 2.75. The van der Waals surface area contributed by atoms with Crippen molar-refractivity contribution in [2.24, 2.45) is 46.3 Å². The van der Waals surface area contributed by atoms with E-state index < -0.39 is 0 Å². The molecule has 4 rings (SSSR count). The molecular formula is C28H50. The first-order chi connectivity index (χ1) is 12.8. The summed E-state index contributed by atoms with van der Waals surface area (Å²) in [6, 6.07) is 0. The van der Waals surface area contributed by atoms with E-state index in [2.05, 4.69) is 40.7 Å². The van der Waals surface area contributed by atoms with Crippen LogP contribution in [-0.4, -0.2) is 0 Å². The van der Waals surface area contributed by atoms with Crippen molar-refractivity contribution in [3.05, 3.63) is 11.6 Å². The Kier molecular flexibility index (Phi) is 6.78. The van der Waals surface area contributed by atoms with E-state index in [9.17, 15) is 0 Å². The van der Waals surface area contributed by atoms with Crippen LogP contribution in [0.3, 0.4) is 0 Å². The maximum absolute atomic E-state index is 2.75. The number of rotatable bonds is 5. The van der Waals surface area contributed by atoms with Crippen molar-refractivity contribution in [3.63, 3.8) is 0 Å². The highest BCUT2D eigenvalue weighted by molar-refractivity contribution is 5.24. The molecule has 0 saturated heterocycles. The number of fused-ring (bicyclic) bond motifs is 5. The van der Waals surface area contributed by atoms with E-state index in [0.29, 0.717) is 10.8 Å². The third kappa shape index (κ3) is 3.76. The molecule has 4 aliphatic carbocycles. The van der Waals surface area contributed by atoms with E-state index in [-0.39, 0.29) is 7.43 Å². The van der Waals surface area contributed by atoms with Crippen molar-refractivity contribution in [2.45, 2.75) is 119 Å². The van der Waals surface area contributed by atoms with E-state index >= 15 is 0 Å². The summed E-state index contributed by atoms with van der Waals surface area (Å²) < 4.78 is 0. The summed E-state index contributed by atoms with van der Waals surface area (Å²) in [5.74, 6) is 5.88. The van der Waals surface area contributed by atoms with E-state index in [1.807, 2.05) is 5.57 Å². The zero-order valence-electron chi connectivity index (χ0n) is 19.0. The molecule has 0 N–H and O–H groups in total. The van der Waals surface area contributed by atoms with Gasteiger partial charge in [0.25, 0.3) is 0 Å². The second-order valence-electron chi connectivity index (χ2n) is 12.1. The molecule has 0 aromatic rings. The van der Waals surface area contributed by atoms with E-state index in [1.54, 1.807) is 6.42 Å². The minimum atomic E-state index is 0. The Morgan fingerprint density at radius 2 is 1.79 bits per heavy atom. The highest BCUT2D eigenvalue weighted by Gasteiger charge is 2.58. The fourth-order valence-electron chi connectivity index (χ4n) is 8.37. The van der Waals surface area contributed by atoms with Crippen LogP contribution in [0.25, 0.3) is 0 Å².